The fraction of sp³-hybridized carbons (Fsp3) is 0.312. The topological polar surface area (TPSA) is 59.1 Å². The highest BCUT2D eigenvalue weighted by Crippen LogP contribution is 2.23. The second-order valence-corrected chi connectivity index (χ2v) is 7.07. The summed E-state index contributed by atoms with van der Waals surface area (Å²) in [5.41, 5.74) is 3.43. The Morgan fingerprint density at radius 1 is 1.19 bits per heavy atom. The van der Waals surface area contributed by atoms with E-state index < -0.39 is 10.0 Å². The molecule has 1 atom stereocenters. The maximum Gasteiger partial charge on any atom is 0.208 e. The summed E-state index contributed by atoms with van der Waals surface area (Å²) in [7, 11) is -3.20. The zero-order valence-electron chi connectivity index (χ0n) is 12.3. The molecular formula is C16H20N2O2S. The van der Waals surface area contributed by atoms with Crippen LogP contribution >= 0.6 is 0 Å². The predicted molar refractivity (Wildman–Crippen MR) is 84.7 cm³/mol. The van der Waals surface area contributed by atoms with E-state index in [1.807, 2.05) is 43.5 Å². The van der Waals surface area contributed by atoms with Crippen LogP contribution in [0.5, 0.6) is 0 Å². The van der Waals surface area contributed by atoms with Gasteiger partial charge < -0.3 is 0 Å². The van der Waals surface area contributed by atoms with Crippen LogP contribution in [0.1, 0.15) is 22.6 Å². The van der Waals surface area contributed by atoms with Crippen LogP contribution < -0.4 is 4.72 Å². The molecule has 0 aliphatic carbocycles. The molecule has 1 N–H and O–H groups in total. The summed E-state index contributed by atoms with van der Waals surface area (Å²) < 4.78 is 25.4. The van der Waals surface area contributed by atoms with Crippen LogP contribution in [0.15, 0.2) is 48.8 Å². The lowest BCUT2D eigenvalue weighted by atomic mass is 9.90. The van der Waals surface area contributed by atoms with Crippen LogP contribution in [0.3, 0.4) is 0 Å². The van der Waals surface area contributed by atoms with Gasteiger partial charge in [-0.05, 0) is 36.1 Å². The Kier molecular flexibility index (Phi) is 5.09. The third-order valence-corrected chi connectivity index (χ3v) is 4.12. The van der Waals surface area contributed by atoms with Crippen molar-refractivity contribution in [2.45, 2.75) is 19.3 Å². The second kappa shape index (κ2) is 6.83. The Morgan fingerprint density at radius 2 is 1.95 bits per heavy atom. The molecule has 2 rings (SSSR count). The number of aryl methyl sites for hydroxylation is 1. The molecule has 1 heterocycles. The van der Waals surface area contributed by atoms with Gasteiger partial charge in [-0.1, -0.05) is 30.3 Å². The first-order valence-electron chi connectivity index (χ1n) is 6.85. The molecule has 1 aromatic carbocycles. The van der Waals surface area contributed by atoms with Gasteiger partial charge in [0, 0.05) is 24.9 Å². The van der Waals surface area contributed by atoms with Crippen molar-refractivity contribution in [2.75, 3.05) is 12.8 Å². The minimum atomic E-state index is -3.20. The van der Waals surface area contributed by atoms with Crippen molar-refractivity contribution in [3.8, 4) is 0 Å². The van der Waals surface area contributed by atoms with E-state index in [1.54, 1.807) is 6.20 Å². The molecule has 1 aromatic heterocycles. The number of rotatable bonds is 6. The smallest absolute Gasteiger partial charge is 0.208 e. The molecule has 1 unspecified atom stereocenters. The van der Waals surface area contributed by atoms with Gasteiger partial charge in [-0.15, -0.1) is 0 Å². The van der Waals surface area contributed by atoms with Gasteiger partial charge >= 0.3 is 0 Å². The van der Waals surface area contributed by atoms with Gasteiger partial charge in [0.1, 0.15) is 0 Å². The standard InChI is InChI=1S/C16H20N2O2S/c1-13-6-3-4-8-16(13)15(12-18-21(2,19)20)10-14-7-5-9-17-11-14/h3-9,11,15,18H,10,12H2,1-2H3. The number of nitrogens with zero attached hydrogens (tertiary/aromatic N) is 1. The molecule has 0 aliphatic heterocycles. The molecule has 0 fully saturated rings. The number of nitrogens with one attached hydrogen (secondary N) is 1. The molecule has 112 valence electrons. The van der Waals surface area contributed by atoms with Crippen LogP contribution in [-0.2, 0) is 16.4 Å². The van der Waals surface area contributed by atoms with Crippen LogP contribution in [0.2, 0.25) is 0 Å². The summed E-state index contributed by atoms with van der Waals surface area (Å²) in [5.74, 6) is 0.0881. The van der Waals surface area contributed by atoms with Crippen LogP contribution in [0, 0.1) is 6.92 Å². The normalized spacial score (nSPS) is 13.0. The molecule has 0 aliphatic rings. The number of hydrogen-bond donors (Lipinski definition) is 1. The van der Waals surface area contributed by atoms with Crippen molar-refractivity contribution in [3.05, 3.63) is 65.5 Å². The molecule has 4 nitrogen and oxygen atoms in total. The van der Waals surface area contributed by atoms with Gasteiger partial charge in [0.15, 0.2) is 0 Å². The quantitative estimate of drug-likeness (QED) is 0.890. The van der Waals surface area contributed by atoms with E-state index >= 15 is 0 Å². The molecule has 0 spiro atoms. The summed E-state index contributed by atoms with van der Waals surface area (Å²) in [4.78, 5) is 4.12. The number of sulfonamides is 1. The van der Waals surface area contributed by atoms with Crippen LogP contribution in [0.4, 0.5) is 0 Å². The van der Waals surface area contributed by atoms with Crippen molar-refractivity contribution in [1.82, 2.24) is 9.71 Å². The van der Waals surface area contributed by atoms with Gasteiger partial charge in [0.2, 0.25) is 10.0 Å². The molecule has 2 aromatic rings. The summed E-state index contributed by atoms with van der Waals surface area (Å²) in [6.45, 7) is 2.44. The summed E-state index contributed by atoms with van der Waals surface area (Å²) in [5, 5.41) is 0. The number of hydrogen-bond acceptors (Lipinski definition) is 3. The van der Waals surface area contributed by atoms with Crippen molar-refractivity contribution in [3.63, 3.8) is 0 Å². The first kappa shape index (κ1) is 15.7. The van der Waals surface area contributed by atoms with Crippen molar-refractivity contribution in [1.29, 1.82) is 0 Å². The average molecular weight is 304 g/mol. The van der Waals surface area contributed by atoms with E-state index in [0.717, 1.165) is 17.5 Å². The van der Waals surface area contributed by atoms with Crippen LogP contribution in [0.25, 0.3) is 0 Å². The maximum atomic E-state index is 11.4. The fourth-order valence-electron chi connectivity index (χ4n) is 2.39. The number of pyridine rings is 1. The Morgan fingerprint density at radius 3 is 2.57 bits per heavy atom. The van der Waals surface area contributed by atoms with E-state index in [4.69, 9.17) is 0 Å². The molecule has 0 amide bonds. The largest absolute Gasteiger partial charge is 0.264 e. The number of benzene rings is 1. The molecule has 5 heteroatoms. The van der Waals surface area contributed by atoms with E-state index in [0.29, 0.717) is 6.54 Å². The highest BCUT2D eigenvalue weighted by Gasteiger charge is 2.16. The summed E-state index contributed by atoms with van der Waals surface area (Å²) >= 11 is 0. The Hall–Kier alpha value is -1.72. The maximum absolute atomic E-state index is 11.4. The number of aromatic nitrogens is 1. The lowest BCUT2D eigenvalue weighted by molar-refractivity contribution is 0.573. The lowest BCUT2D eigenvalue weighted by Crippen LogP contribution is -2.28. The molecule has 21 heavy (non-hydrogen) atoms. The zero-order valence-corrected chi connectivity index (χ0v) is 13.1. The SMILES string of the molecule is Cc1ccccc1C(CNS(C)(=O)=O)Cc1cccnc1. The lowest BCUT2D eigenvalue weighted by Gasteiger charge is -2.19. The summed E-state index contributed by atoms with van der Waals surface area (Å²) in [6, 6.07) is 12.0. The minimum absolute atomic E-state index is 0.0881. The van der Waals surface area contributed by atoms with Crippen molar-refractivity contribution < 1.29 is 8.42 Å². The first-order valence-corrected chi connectivity index (χ1v) is 8.74. The van der Waals surface area contributed by atoms with E-state index in [2.05, 4.69) is 15.8 Å². The molecule has 0 radical (unpaired) electrons. The Balaban J connectivity index is 2.24. The third-order valence-electron chi connectivity index (χ3n) is 3.43. The predicted octanol–water partition coefficient (Wildman–Crippen LogP) is 2.27. The fourth-order valence-corrected chi connectivity index (χ4v) is 2.90. The zero-order chi connectivity index (χ0) is 15.3. The van der Waals surface area contributed by atoms with Crippen LogP contribution in [-0.4, -0.2) is 26.2 Å². The average Bonchev–Trinajstić information content (AvgIpc) is 2.44. The van der Waals surface area contributed by atoms with Gasteiger partial charge in [-0.3, -0.25) is 4.98 Å². The Bertz CT molecular complexity index is 684. The van der Waals surface area contributed by atoms with Gasteiger partial charge in [0.05, 0.1) is 6.26 Å². The molecular weight excluding hydrogens is 284 g/mol. The third kappa shape index (κ3) is 4.95. The first-order chi connectivity index (χ1) is 9.96. The second-order valence-electron chi connectivity index (χ2n) is 5.24. The molecule has 0 bridgehead atoms. The highest BCUT2D eigenvalue weighted by molar-refractivity contribution is 7.88. The van der Waals surface area contributed by atoms with Crippen molar-refractivity contribution >= 4 is 10.0 Å². The monoisotopic (exact) mass is 304 g/mol. The van der Waals surface area contributed by atoms with Gasteiger partial charge in [0.25, 0.3) is 0 Å². The van der Waals surface area contributed by atoms with Crippen molar-refractivity contribution in [2.24, 2.45) is 0 Å². The van der Waals surface area contributed by atoms with Gasteiger partial charge in [-0.2, -0.15) is 0 Å². The molecule has 0 saturated heterocycles. The van der Waals surface area contributed by atoms with Gasteiger partial charge in [-0.25, -0.2) is 13.1 Å². The highest BCUT2D eigenvalue weighted by atomic mass is 32.2. The Labute approximate surface area is 126 Å². The van der Waals surface area contributed by atoms with E-state index in [1.165, 1.54) is 11.8 Å². The molecule has 0 saturated carbocycles. The van der Waals surface area contributed by atoms with E-state index in [-0.39, 0.29) is 5.92 Å². The van der Waals surface area contributed by atoms with E-state index in [9.17, 15) is 8.42 Å². The summed E-state index contributed by atoms with van der Waals surface area (Å²) in [6.07, 6.45) is 5.50. The minimum Gasteiger partial charge on any atom is -0.264 e.